The van der Waals surface area contributed by atoms with Gasteiger partial charge in [-0.2, -0.15) is 0 Å². The molecule has 0 bridgehead atoms. The molecule has 0 radical (unpaired) electrons. The van der Waals surface area contributed by atoms with Gasteiger partial charge in [0.1, 0.15) is 12.1 Å². The highest BCUT2D eigenvalue weighted by Gasteiger charge is 2.12. The van der Waals surface area contributed by atoms with Gasteiger partial charge in [-0.25, -0.2) is 4.39 Å². The van der Waals surface area contributed by atoms with E-state index in [9.17, 15) is 4.39 Å². The fourth-order valence-electron chi connectivity index (χ4n) is 2.27. The van der Waals surface area contributed by atoms with Crippen LogP contribution in [0.2, 0.25) is 0 Å². The molecule has 3 rings (SSSR count). The van der Waals surface area contributed by atoms with Crippen molar-refractivity contribution in [2.45, 2.75) is 6.54 Å². The maximum atomic E-state index is 13.8. The summed E-state index contributed by atoms with van der Waals surface area (Å²) in [5, 5.41) is 9.52. The molecule has 0 fully saturated rings. The van der Waals surface area contributed by atoms with Crippen LogP contribution < -0.4 is 0 Å². The first-order valence-electron chi connectivity index (χ1n) is 6.35. The van der Waals surface area contributed by atoms with Gasteiger partial charge in [-0.1, -0.05) is 24.3 Å². The van der Waals surface area contributed by atoms with Crippen molar-refractivity contribution in [2.75, 3.05) is 13.7 Å². The highest BCUT2D eigenvalue weighted by Crippen LogP contribution is 2.28. The number of ether oxygens (including phenoxy) is 1. The molecule has 0 saturated heterocycles. The van der Waals surface area contributed by atoms with Gasteiger partial charge < -0.3 is 9.30 Å². The average molecular weight is 271 g/mol. The Morgan fingerprint density at radius 2 is 1.95 bits per heavy atom. The van der Waals surface area contributed by atoms with Gasteiger partial charge in [-0.3, -0.25) is 0 Å². The molecule has 20 heavy (non-hydrogen) atoms. The predicted molar refractivity (Wildman–Crippen MR) is 74.8 cm³/mol. The monoisotopic (exact) mass is 271 g/mol. The number of hydrogen-bond acceptors (Lipinski definition) is 3. The number of methoxy groups -OCH3 is 1. The van der Waals surface area contributed by atoms with E-state index in [2.05, 4.69) is 10.2 Å². The van der Waals surface area contributed by atoms with Crippen LogP contribution in [0.4, 0.5) is 4.39 Å². The maximum absolute atomic E-state index is 13.8. The Morgan fingerprint density at radius 3 is 2.75 bits per heavy atom. The summed E-state index contributed by atoms with van der Waals surface area (Å²) in [4.78, 5) is 0. The Hall–Kier alpha value is -2.27. The summed E-state index contributed by atoms with van der Waals surface area (Å²) in [5.41, 5.74) is 0.871. The standard InChI is InChI=1S/C15H14FN3O/c1-20-9-8-19-10-17-18-15(19)13-6-7-14(16)12-5-3-2-4-11(12)13/h2-7,10H,8-9H2,1H3. The van der Waals surface area contributed by atoms with Crippen LogP contribution in [0.3, 0.4) is 0 Å². The van der Waals surface area contributed by atoms with Crippen molar-refractivity contribution in [2.24, 2.45) is 0 Å². The molecule has 0 spiro atoms. The molecule has 0 aliphatic rings. The smallest absolute Gasteiger partial charge is 0.164 e. The minimum Gasteiger partial charge on any atom is -0.383 e. The lowest BCUT2D eigenvalue weighted by atomic mass is 10.0. The van der Waals surface area contributed by atoms with E-state index in [4.69, 9.17) is 4.74 Å². The normalized spacial score (nSPS) is 11.1. The van der Waals surface area contributed by atoms with Gasteiger partial charge in [-0.15, -0.1) is 10.2 Å². The zero-order valence-electron chi connectivity index (χ0n) is 11.1. The third kappa shape index (κ3) is 2.16. The van der Waals surface area contributed by atoms with E-state index in [1.54, 1.807) is 25.6 Å². The molecule has 102 valence electrons. The number of rotatable bonds is 4. The number of benzene rings is 2. The fourth-order valence-corrected chi connectivity index (χ4v) is 2.27. The van der Waals surface area contributed by atoms with Gasteiger partial charge >= 0.3 is 0 Å². The number of hydrogen-bond donors (Lipinski definition) is 0. The SMILES string of the molecule is COCCn1cnnc1-c1ccc(F)c2ccccc12. The molecule has 5 heteroatoms. The molecular formula is C15H14FN3O. The summed E-state index contributed by atoms with van der Waals surface area (Å²) in [5.74, 6) is 0.491. The summed E-state index contributed by atoms with van der Waals surface area (Å²) in [6.45, 7) is 1.23. The van der Waals surface area contributed by atoms with Crippen molar-refractivity contribution in [3.05, 3.63) is 48.5 Å². The molecule has 3 aromatic rings. The molecule has 2 aromatic carbocycles. The van der Waals surface area contributed by atoms with Crippen LogP contribution in [-0.4, -0.2) is 28.5 Å². The van der Waals surface area contributed by atoms with E-state index in [1.165, 1.54) is 6.07 Å². The second-order valence-electron chi connectivity index (χ2n) is 4.48. The molecule has 1 aromatic heterocycles. The quantitative estimate of drug-likeness (QED) is 0.732. The lowest BCUT2D eigenvalue weighted by Crippen LogP contribution is -2.05. The first-order chi connectivity index (χ1) is 9.81. The third-order valence-electron chi connectivity index (χ3n) is 3.26. The second-order valence-corrected chi connectivity index (χ2v) is 4.48. The van der Waals surface area contributed by atoms with E-state index in [1.807, 2.05) is 22.8 Å². The van der Waals surface area contributed by atoms with Gasteiger partial charge in [0.2, 0.25) is 0 Å². The Labute approximate surface area is 115 Å². The van der Waals surface area contributed by atoms with Gasteiger partial charge in [0, 0.05) is 24.6 Å². The number of nitrogens with zero attached hydrogens (tertiary/aromatic N) is 3. The Balaban J connectivity index is 2.15. The van der Waals surface area contributed by atoms with Gasteiger partial charge in [0.05, 0.1) is 6.61 Å². The molecule has 0 saturated carbocycles. The molecule has 1 heterocycles. The average Bonchev–Trinajstić information content (AvgIpc) is 2.94. The first-order valence-corrected chi connectivity index (χ1v) is 6.35. The van der Waals surface area contributed by atoms with Crippen molar-refractivity contribution in [1.29, 1.82) is 0 Å². The maximum Gasteiger partial charge on any atom is 0.164 e. The fraction of sp³-hybridized carbons (Fsp3) is 0.200. The van der Waals surface area contributed by atoms with Crippen molar-refractivity contribution >= 4 is 10.8 Å². The van der Waals surface area contributed by atoms with E-state index in [0.717, 1.165) is 16.8 Å². The van der Waals surface area contributed by atoms with Crippen LogP contribution in [-0.2, 0) is 11.3 Å². The van der Waals surface area contributed by atoms with Crippen LogP contribution in [0.25, 0.3) is 22.2 Å². The van der Waals surface area contributed by atoms with Crippen LogP contribution in [0.15, 0.2) is 42.7 Å². The molecule has 0 aliphatic carbocycles. The van der Waals surface area contributed by atoms with Crippen LogP contribution >= 0.6 is 0 Å². The van der Waals surface area contributed by atoms with E-state index in [-0.39, 0.29) is 5.82 Å². The summed E-state index contributed by atoms with van der Waals surface area (Å²) in [6, 6.07) is 10.6. The van der Waals surface area contributed by atoms with Crippen LogP contribution in [0.1, 0.15) is 0 Å². The van der Waals surface area contributed by atoms with Crippen molar-refractivity contribution in [3.63, 3.8) is 0 Å². The number of aromatic nitrogens is 3. The van der Waals surface area contributed by atoms with Gasteiger partial charge in [-0.05, 0) is 17.5 Å². The largest absolute Gasteiger partial charge is 0.383 e. The molecule has 0 atom stereocenters. The van der Waals surface area contributed by atoms with Crippen LogP contribution in [0.5, 0.6) is 0 Å². The minimum absolute atomic E-state index is 0.229. The lowest BCUT2D eigenvalue weighted by molar-refractivity contribution is 0.187. The molecule has 0 amide bonds. The highest BCUT2D eigenvalue weighted by molar-refractivity contribution is 5.95. The summed E-state index contributed by atoms with van der Waals surface area (Å²) in [6.07, 6.45) is 1.66. The third-order valence-corrected chi connectivity index (χ3v) is 3.26. The zero-order chi connectivity index (χ0) is 13.9. The van der Waals surface area contributed by atoms with Crippen molar-refractivity contribution in [1.82, 2.24) is 14.8 Å². The minimum atomic E-state index is -0.229. The molecule has 0 N–H and O–H groups in total. The Morgan fingerprint density at radius 1 is 1.15 bits per heavy atom. The van der Waals surface area contributed by atoms with E-state index >= 15 is 0 Å². The highest BCUT2D eigenvalue weighted by atomic mass is 19.1. The second kappa shape index (κ2) is 5.38. The zero-order valence-corrected chi connectivity index (χ0v) is 11.1. The van der Waals surface area contributed by atoms with Crippen molar-refractivity contribution < 1.29 is 9.13 Å². The summed E-state index contributed by atoms with van der Waals surface area (Å²) < 4.78 is 20.8. The summed E-state index contributed by atoms with van der Waals surface area (Å²) >= 11 is 0. The van der Waals surface area contributed by atoms with E-state index in [0.29, 0.717) is 18.5 Å². The lowest BCUT2D eigenvalue weighted by Gasteiger charge is -2.09. The predicted octanol–water partition coefficient (Wildman–Crippen LogP) is 2.88. The molecular weight excluding hydrogens is 257 g/mol. The number of halogens is 1. The number of fused-ring (bicyclic) bond motifs is 1. The van der Waals surface area contributed by atoms with Gasteiger partial charge in [0.25, 0.3) is 0 Å². The Bertz CT molecular complexity index is 739. The molecule has 0 aliphatic heterocycles. The van der Waals surface area contributed by atoms with Crippen molar-refractivity contribution in [3.8, 4) is 11.4 Å². The van der Waals surface area contributed by atoms with E-state index < -0.39 is 0 Å². The molecule has 4 nitrogen and oxygen atoms in total. The molecule has 0 unspecified atom stereocenters. The first kappa shape index (κ1) is 12.7. The topological polar surface area (TPSA) is 39.9 Å². The van der Waals surface area contributed by atoms with Gasteiger partial charge in [0.15, 0.2) is 5.82 Å². The Kier molecular flexibility index (Phi) is 3.43. The van der Waals surface area contributed by atoms with Crippen LogP contribution in [0, 0.1) is 5.82 Å². The summed E-state index contributed by atoms with van der Waals surface area (Å²) in [7, 11) is 1.65.